The third kappa shape index (κ3) is 6.97. The lowest BCUT2D eigenvalue weighted by Gasteiger charge is -2.23. The first kappa shape index (κ1) is 24.6. The van der Waals surface area contributed by atoms with Crippen molar-refractivity contribution in [1.29, 1.82) is 0 Å². The number of carbonyl (C=O) groups is 3. The van der Waals surface area contributed by atoms with Crippen molar-refractivity contribution < 1.29 is 23.5 Å². The van der Waals surface area contributed by atoms with Gasteiger partial charge in [-0.1, -0.05) is 31.2 Å². The fourth-order valence-electron chi connectivity index (χ4n) is 2.81. The molecule has 1 atom stereocenters. The zero-order chi connectivity index (χ0) is 23.9. The second-order valence-electron chi connectivity index (χ2n) is 8.09. The van der Waals surface area contributed by atoms with Crippen LogP contribution in [0, 0.1) is 5.82 Å². The Morgan fingerprint density at radius 1 is 1.06 bits per heavy atom. The van der Waals surface area contributed by atoms with Crippen LogP contribution in [0.5, 0.6) is 0 Å². The molecule has 3 amide bonds. The van der Waals surface area contributed by atoms with Gasteiger partial charge in [0.15, 0.2) is 0 Å². The van der Waals surface area contributed by atoms with Crippen LogP contribution in [0.3, 0.4) is 0 Å². The predicted molar refractivity (Wildman–Crippen MR) is 121 cm³/mol. The zero-order valence-corrected chi connectivity index (χ0v) is 18.9. The van der Waals surface area contributed by atoms with Crippen LogP contribution in [0.15, 0.2) is 48.5 Å². The summed E-state index contributed by atoms with van der Waals surface area (Å²) in [4.78, 5) is 37.5. The number of nitrogens with one attached hydrogen (secondary N) is 3. The van der Waals surface area contributed by atoms with Crippen LogP contribution in [-0.4, -0.2) is 36.6 Å². The van der Waals surface area contributed by atoms with Gasteiger partial charge in [0.1, 0.15) is 23.0 Å². The van der Waals surface area contributed by atoms with Crippen LogP contribution in [0.2, 0.25) is 0 Å². The first-order valence-corrected chi connectivity index (χ1v) is 10.2. The maximum atomic E-state index is 14.6. The van der Waals surface area contributed by atoms with E-state index in [0.29, 0.717) is 5.69 Å². The van der Waals surface area contributed by atoms with Gasteiger partial charge in [0, 0.05) is 7.05 Å². The molecule has 172 valence electrons. The molecule has 0 aliphatic heterocycles. The molecular formula is C23H29FN4O4. The Morgan fingerprint density at radius 3 is 2.31 bits per heavy atom. The molecule has 0 aromatic heterocycles. The molecule has 0 aliphatic rings. The van der Waals surface area contributed by atoms with Crippen molar-refractivity contribution in [2.24, 2.45) is 0 Å². The van der Waals surface area contributed by atoms with Crippen molar-refractivity contribution in [3.63, 3.8) is 0 Å². The van der Waals surface area contributed by atoms with Crippen molar-refractivity contribution in [2.45, 2.75) is 45.8 Å². The SMILES string of the molecule is CC[C@H](NC(=O)OC(C)(C)C)C(=O)Nc1cccc(F)c1C(=O)NN(C)c1ccccc1. The molecule has 8 nitrogen and oxygen atoms in total. The quantitative estimate of drug-likeness (QED) is 0.564. The molecule has 32 heavy (non-hydrogen) atoms. The van der Waals surface area contributed by atoms with Gasteiger partial charge in [-0.2, -0.15) is 0 Å². The lowest BCUT2D eigenvalue weighted by molar-refractivity contribution is -0.118. The summed E-state index contributed by atoms with van der Waals surface area (Å²) < 4.78 is 19.7. The summed E-state index contributed by atoms with van der Waals surface area (Å²) in [5.41, 5.74) is 2.21. The Hall–Kier alpha value is -3.62. The molecule has 0 saturated heterocycles. The van der Waals surface area contributed by atoms with Gasteiger partial charge in [-0.05, 0) is 51.5 Å². The monoisotopic (exact) mass is 444 g/mol. The van der Waals surface area contributed by atoms with Crippen LogP contribution < -0.4 is 21.1 Å². The van der Waals surface area contributed by atoms with E-state index in [1.165, 1.54) is 17.1 Å². The molecule has 3 N–H and O–H groups in total. The predicted octanol–water partition coefficient (Wildman–Crippen LogP) is 3.85. The highest BCUT2D eigenvalue weighted by atomic mass is 19.1. The number of amides is 3. The number of hydrazine groups is 1. The standard InChI is InChI=1S/C23H29FN4O4/c1-6-17(26-22(31)32-23(2,3)4)20(29)25-18-14-10-13-16(24)19(18)21(30)27-28(5)15-11-8-7-9-12-15/h7-14,17H,6H2,1-5H3,(H,25,29)(H,26,31)(H,27,30)/t17-/m0/s1. The van der Waals surface area contributed by atoms with Gasteiger partial charge in [0.25, 0.3) is 5.91 Å². The molecule has 0 unspecified atom stereocenters. The first-order chi connectivity index (χ1) is 15.0. The molecule has 0 aliphatic carbocycles. The molecule has 0 heterocycles. The summed E-state index contributed by atoms with van der Waals surface area (Å²) in [5, 5.41) is 6.46. The van der Waals surface area contributed by atoms with Gasteiger partial charge in [0.05, 0.1) is 11.4 Å². The number of ether oxygens (including phenoxy) is 1. The molecule has 2 aromatic carbocycles. The van der Waals surface area contributed by atoms with E-state index in [4.69, 9.17) is 4.74 Å². The van der Waals surface area contributed by atoms with Crippen LogP contribution in [0.25, 0.3) is 0 Å². The van der Waals surface area contributed by atoms with Crippen molar-refractivity contribution in [2.75, 3.05) is 17.4 Å². The number of anilines is 2. The van der Waals surface area contributed by atoms with Gasteiger partial charge in [-0.25, -0.2) is 9.18 Å². The van der Waals surface area contributed by atoms with E-state index >= 15 is 0 Å². The van der Waals surface area contributed by atoms with Gasteiger partial charge >= 0.3 is 6.09 Å². The average Bonchev–Trinajstić information content (AvgIpc) is 2.71. The molecule has 2 aromatic rings. The van der Waals surface area contributed by atoms with E-state index in [0.717, 1.165) is 6.07 Å². The summed E-state index contributed by atoms with van der Waals surface area (Å²) in [5.74, 6) is -2.14. The van der Waals surface area contributed by atoms with Crippen molar-refractivity contribution in [1.82, 2.24) is 10.7 Å². The second-order valence-corrected chi connectivity index (χ2v) is 8.09. The maximum Gasteiger partial charge on any atom is 0.408 e. The number of nitrogens with zero attached hydrogens (tertiary/aromatic N) is 1. The highest BCUT2D eigenvalue weighted by molar-refractivity contribution is 6.05. The van der Waals surface area contributed by atoms with E-state index < -0.39 is 35.4 Å². The van der Waals surface area contributed by atoms with E-state index in [2.05, 4.69) is 16.1 Å². The highest BCUT2D eigenvalue weighted by Crippen LogP contribution is 2.20. The summed E-state index contributed by atoms with van der Waals surface area (Å²) in [7, 11) is 1.62. The van der Waals surface area contributed by atoms with E-state index in [1.807, 2.05) is 6.07 Å². The third-order valence-corrected chi connectivity index (χ3v) is 4.33. The summed E-state index contributed by atoms with van der Waals surface area (Å²) in [6.45, 7) is 6.82. The molecular weight excluding hydrogens is 415 g/mol. The molecule has 0 fully saturated rings. The van der Waals surface area contributed by atoms with E-state index in [-0.39, 0.29) is 17.7 Å². The number of para-hydroxylation sites is 1. The molecule has 0 spiro atoms. The number of hydrogen-bond donors (Lipinski definition) is 3. The fourth-order valence-corrected chi connectivity index (χ4v) is 2.81. The van der Waals surface area contributed by atoms with E-state index in [1.54, 1.807) is 59.0 Å². The smallest absolute Gasteiger partial charge is 0.408 e. The Labute approximate surface area is 187 Å². The van der Waals surface area contributed by atoms with Crippen LogP contribution >= 0.6 is 0 Å². The average molecular weight is 445 g/mol. The lowest BCUT2D eigenvalue weighted by Crippen LogP contribution is -2.45. The molecule has 9 heteroatoms. The van der Waals surface area contributed by atoms with Gasteiger partial charge in [-0.15, -0.1) is 0 Å². The van der Waals surface area contributed by atoms with Crippen molar-refractivity contribution >= 4 is 29.3 Å². The minimum Gasteiger partial charge on any atom is -0.444 e. The molecule has 0 saturated carbocycles. The van der Waals surface area contributed by atoms with Crippen LogP contribution in [-0.2, 0) is 9.53 Å². The second kappa shape index (κ2) is 10.6. The summed E-state index contributed by atoms with van der Waals surface area (Å²) in [6, 6.07) is 12.0. The number of carbonyl (C=O) groups excluding carboxylic acids is 3. The van der Waals surface area contributed by atoms with Crippen LogP contribution in [0.1, 0.15) is 44.5 Å². The summed E-state index contributed by atoms with van der Waals surface area (Å²) >= 11 is 0. The minimum absolute atomic E-state index is 0.0154. The van der Waals surface area contributed by atoms with Gasteiger partial charge < -0.3 is 15.4 Å². The van der Waals surface area contributed by atoms with Gasteiger partial charge in [-0.3, -0.25) is 20.0 Å². The Kier molecular flexibility index (Phi) is 8.17. The van der Waals surface area contributed by atoms with E-state index in [9.17, 15) is 18.8 Å². The lowest BCUT2D eigenvalue weighted by atomic mass is 10.1. The van der Waals surface area contributed by atoms with Crippen LogP contribution in [0.4, 0.5) is 20.6 Å². The zero-order valence-electron chi connectivity index (χ0n) is 18.9. The Balaban J connectivity index is 2.16. The summed E-state index contributed by atoms with van der Waals surface area (Å²) in [6.07, 6.45) is -0.486. The molecule has 2 rings (SSSR count). The Morgan fingerprint density at radius 2 is 1.72 bits per heavy atom. The van der Waals surface area contributed by atoms with Crippen molar-refractivity contribution in [3.05, 3.63) is 59.9 Å². The number of rotatable bonds is 7. The normalized spacial score (nSPS) is 11.8. The molecule has 0 bridgehead atoms. The highest BCUT2D eigenvalue weighted by Gasteiger charge is 2.25. The minimum atomic E-state index is -0.934. The van der Waals surface area contributed by atoms with Gasteiger partial charge in [0.2, 0.25) is 5.91 Å². The fraction of sp³-hybridized carbons (Fsp3) is 0.348. The number of halogens is 1. The first-order valence-electron chi connectivity index (χ1n) is 10.2. The number of alkyl carbamates (subject to hydrolysis) is 1. The molecule has 0 radical (unpaired) electrons. The van der Waals surface area contributed by atoms with Crippen molar-refractivity contribution in [3.8, 4) is 0 Å². The Bertz CT molecular complexity index is 960. The third-order valence-electron chi connectivity index (χ3n) is 4.33. The number of benzene rings is 2. The maximum absolute atomic E-state index is 14.6. The number of hydrogen-bond acceptors (Lipinski definition) is 5. The largest absolute Gasteiger partial charge is 0.444 e. The topological polar surface area (TPSA) is 99.8 Å².